The van der Waals surface area contributed by atoms with E-state index in [4.69, 9.17) is 4.74 Å². The second-order valence-corrected chi connectivity index (χ2v) is 4.59. The fraction of sp³-hybridized carbons (Fsp3) is 0.500. The molecule has 1 nitrogen and oxygen atoms in total. The van der Waals surface area contributed by atoms with Crippen molar-refractivity contribution in [3.63, 3.8) is 0 Å². The fourth-order valence-corrected chi connectivity index (χ4v) is 1.79. The number of hydrogen-bond acceptors (Lipinski definition) is 1. The Bertz CT molecular complexity index is 355. The van der Waals surface area contributed by atoms with Gasteiger partial charge in [-0.2, -0.15) is 0 Å². The minimum atomic E-state index is -0.580. The molecule has 0 saturated heterocycles. The average Bonchev–Trinajstić information content (AvgIpc) is 2.24. The van der Waals surface area contributed by atoms with Crippen LogP contribution in [0, 0.1) is 11.6 Å². The van der Waals surface area contributed by atoms with E-state index in [1.54, 1.807) is 0 Å². The highest BCUT2D eigenvalue weighted by atomic mass is 79.9. The van der Waals surface area contributed by atoms with Crippen LogP contribution in [0.3, 0.4) is 0 Å². The highest BCUT2D eigenvalue weighted by Crippen LogP contribution is 2.22. The van der Waals surface area contributed by atoms with Crippen LogP contribution in [-0.4, -0.2) is 6.10 Å². The summed E-state index contributed by atoms with van der Waals surface area (Å²) in [6, 6.07) is 2.58. The van der Waals surface area contributed by atoms with E-state index in [9.17, 15) is 8.78 Å². The van der Waals surface area contributed by atoms with E-state index >= 15 is 0 Å². The third-order valence-electron chi connectivity index (χ3n) is 2.35. The first-order valence-corrected chi connectivity index (χ1v) is 6.09. The maximum atomic E-state index is 13.5. The lowest BCUT2D eigenvalue weighted by atomic mass is 10.2. The second-order valence-electron chi connectivity index (χ2n) is 3.73. The van der Waals surface area contributed by atoms with Gasteiger partial charge in [-0.25, -0.2) is 8.78 Å². The molecule has 0 radical (unpaired) electrons. The van der Waals surface area contributed by atoms with Gasteiger partial charge in [-0.15, -0.1) is 0 Å². The lowest BCUT2D eigenvalue weighted by Gasteiger charge is -2.13. The Morgan fingerprint density at radius 2 is 2.06 bits per heavy atom. The van der Waals surface area contributed by atoms with Crippen molar-refractivity contribution in [1.29, 1.82) is 0 Å². The molecule has 4 heteroatoms. The van der Waals surface area contributed by atoms with Gasteiger partial charge in [0.15, 0.2) is 0 Å². The zero-order valence-corrected chi connectivity index (χ0v) is 11.0. The Kier molecular flexibility index (Phi) is 5.35. The quantitative estimate of drug-likeness (QED) is 0.730. The van der Waals surface area contributed by atoms with Crippen molar-refractivity contribution in [2.45, 2.75) is 39.4 Å². The average molecular weight is 293 g/mol. The van der Waals surface area contributed by atoms with Crippen molar-refractivity contribution in [2.24, 2.45) is 0 Å². The van der Waals surface area contributed by atoms with Gasteiger partial charge in [0.1, 0.15) is 11.6 Å². The fourth-order valence-electron chi connectivity index (χ4n) is 1.42. The molecule has 1 rings (SSSR count). The summed E-state index contributed by atoms with van der Waals surface area (Å²) in [5.41, 5.74) is -0.0164. The monoisotopic (exact) mass is 292 g/mol. The summed E-state index contributed by atoms with van der Waals surface area (Å²) in [5, 5.41) is 0. The molecular formula is C12H15BrF2O. The number of rotatable bonds is 5. The first-order chi connectivity index (χ1) is 7.56. The van der Waals surface area contributed by atoms with E-state index in [-0.39, 0.29) is 22.7 Å². The molecule has 1 unspecified atom stereocenters. The molecule has 16 heavy (non-hydrogen) atoms. The molecule has 90 valence electrons. The van der Waals surface area contributed by atoms with Crippen LogP contribution in [0.4, 0.5) is 8.78 Å². The van der Waals surface area contributed by atoms with Crippen LogP contribution in [0.5, 0.6) is 0 Å². The zero-order valence-electron chi connectivity index (χ0n) is 9.40. The molecule has 0 fully saturated rings. The van der Waals surface area contributed by atoms with E-state index in [0.29, 0.717) is 0 Å². The Balaban J connectivity index is 2.70. The Morgan fingerprint density at radius 1 is 1.38 bits per heavy atom. The minimum absolute atomic E-state index is 0.0164. The van der Waals surface area contributed by atoms with Crippen LogP contribution in [0.25, 0.3) is 0 Å². The van der Waals surface area contributed by atoms with Gasteiger partial charge >= 0.3 is 0 Å². The highest BCUT2D eigenvalue weighted by Gasteiger charge is 2.13. The largest absolute Gasteiger partial charge is 0.374 e. The van der Waals surface area contributed by atoms with Crippen LogP contribution >= 0.6 is 15.9 Å². The van der Waals surface area contributed by atoms with Crippen LogP contribution in [-0.2, 0) is 11.3 Å². The van der Waals surface area contributed by atoms with Crippen molar-refractivity contribution in [2.75, 3.05) is 0 Å². The highest BCUT2D eigenvalue weighted by molar-refractivity contribution is 9.10. The molecule has 1 atom stereocenters. The predicted molar refractivity (Wildman–Crippen MR) is 63.2 cm³/mol. The number of ether oxygens (including phenoxy) is 1. The zero-order chi connectivity index (χ0) is 12.1. The summed E-state index contributed by atoms with van der Waals surface area (Å²) in [6.45, 7) is 3.91. The van der Waals surface area contributed by atoms with Gasteiger partial charge in [0.2, 0.25) is 0 Å². The number of benzene rings is 1. The van der Waals surface area contributed by atoms with Crippen molar-refractivity contribution in [3.8, 4) is 0 Å². The molecular weight excluding hydrogens is 278 g/mol. The molecule has 1 aromatic carbocycles. The number of hydrogen-bond donors (Lipinski definition) is 0. The van der Waals surface area contributed by atoms with Gasteiger partial charge in [0.05, 0.1) is 22.7 Å². The molecule has 0 saturated carbocycles. The summed E-state index contributed by atoms with van der Waals surface area (Å²) in [6.07, 6.45) is 1.89. The van der Waals surface area contributed by atoms with Crippen LogP contribution in [0.15, 0.2) is 16.6 Å². The molecule has 0 bridgehead atoms. The Morgan fingerprint density at radius 3 is 2.69 bits per heavy atom. The molecule has 0 aliphatic rings. The van der Waals surface area contributed by atoms with Gasteiger partial charge in [-0.1, -0.05) is 13.3 Å². The van der Waals surface area contributed by atoms with Gasteiger partial charge in [0, 0.05) is 0 Å². The summed E-state index contributed by atoms with van der Waals surface area (Å²) < 4.78 is 32.5. The van der Waals surface area contributed by atoms with Crippen LogP contribution in [0.2, 0.25) is 0 Å². The van der Waals surface area contributed by atoms with Gasteiger partial charge in [-0.05, 0) is 41.4 Å². The lowest BCUT2D eigenvalue weighted by Crippen LogP contribution is -2.09. The normalized spacial score (nSPS) is 12.8. The maximum Gasteiger partial charge on any atom is 0.145 e. The third kappa shape index (κ3) is 3.52. The van der Waals surface area contributed by atoms with Crippen molar-refractivity contribution < 1.29 is 13.5 Å². The standard InChI is InChI=1S/C12H15BrF2O/c1-3-4-8(2)16-7-9-11(14)6-5-10(13)12(9)15/h5-6,8H,3-4,7H2,1-2H3. The summed E-state index contributed by atoms with van der Waals surface area (Å²) >= 11 is 3.02. The third-order valence-corrected chi connectivity index (χ3v) is 2.96. The first-order valence-electron chi connectivity index (χ1n) is 5.30. The molecule has 0 amide bonds. The molecule has 1 aromatic rings. The Hall–Kier alpha value is -0.480. The van der Waals surface area contributed by atoms with Gasteiger partial charge in [0.25, 0.3) is 0 Å². The predicted octanol–water partition coefficient (Wildman–Crippen LogP) is 4.43. The molecule has 0 spiro atoms. The molecule has 0 N–H and O–H groups in total. The maximum absolute atomic E-state index is 13.5. The summed E-state index contributed by atoms with van der Waals surface area (Å²) in [5.74, 6) is -1.15. The Labute approximate surface area is 103 Å². The lowest BCUT2D eigenvalue weighted by molar-refractivity contribution is 0.0438. The van der Waals surface area contributed by atoms with E-state index in [1.165, 1.54) is 12.1 Å². The first kappa shape index (κ1) is 13.6. The summed E-state index contributed by atoms with van der Waals surface area (Å²) in [4.78, 5) is 0. The van der Waals surface area contributed by atoms with Crippen LogP contribution < -0.4 is 0 Å². The second kappa shape index (κ2) is 6.30. The molecule has 0 aromatic heterocycles. The van der Waals surface area contributed by atoms with Gasteiger partial charge in [-0.3, -0.25) is 0 Å². The summed E-state index contributed by atoms with van der Waals surface area (Å²) in [7, 11) is 0. The van der Waals surface area contributed by atoms with Crippen molar-refractivity contribution in [1.82, 2.24) is 0 Å². The number of halogens is 3. The van der Waals surface area contributed by atoms with E-state index in [2.05, 4.69) is 15.9 Å². The van der Waals surface area contributed by atoms with Crippen molar-refractivity contribution in [3.05, 3.63) is 33.8 Å². The molecule has 0 aliphatic carbocycles. The molecule has 0 aliphatic heterocycles. The minimum Gasteiger partial charge on any atom is -0.374 e. The van der Waals surface area contributed by atoms with E-state index in [1.807, 2.05) is 13.8 Å². The van der Waals surface area contributed by atoms with Crippen molar-refractivity contribution >= 4 is 15.9 Å². The topological polar surface area (TPSA) is 9.23 Å². The van der Waals surface area contributed by atoms with Gasteiger partial charge < -0.3 is 4.74 Å². The molecule has 0 heterocycles. The van der Waals surface area contributed by atoms with E-state index < -0.39 is 11.6 Å². The smallest absolute Gasteiger partial charge is 0.145 e. The van der Waals surface area contributed by atoms with E-state index in [0.717, 1.165) is 12.8 Å². The SMILES string of the molecule is CCCC(C)OCc1c(F)ccc(Br)c1F. The van der Waals surface area contributed by atoms with Crippen LogP contribution in [0.1, 0.15) is 32.3 Å².